The van der Waals surface area contributed by atoms with Crippen molar-refractivity contribution in [3.05, 3.63) is 68.2 Å². The van der Waals surface area contributed by atoms with E-state index >= 15 is 0 Å². The van der Waals surface area contributed by atoms with Crippen molar-refractivity contribution in [3.8, 4) is 0 Å². The Morgan fingerprint density at radius 3 is 2.12 bits per heavy atom. The van der Waals surface area contributed by atoms with Gasteiger partial charge in [0.15, 0.2) is 0 Å². The van der Waals surface area contributed by atoms with Crippen molar-refractivity contribution < 1.29 is 9.72 Å². The molecule has 0 aliphatic carbocycles. The van der Waals surface area contributed by atoms with Gasteiger partial charge in [0, 0.05) is 16.8 Å². The monoisotopic (exact) mass is 360 g/mol. The fraction of sp³-hybridized carbons (Fsp3) is 0.316. The van der Waals surface area contributed by atoms with E-state index in [1.54, 1.807) is 0 Å². The van der Waals surface area contributed by atoms with Crippen LogP contribution in [0.15, 0.2) is 36.4 Å². The number of nitro benzene ring substituents is 1. The molecule has 0 atom stereocenters. The van der Waals surface area contributed by atoms with Crippen LogP contribution in [0.4, 0.5) is 11.4 Å². The van der Waals surface area contributed by atoms with Crippen LogP contribution >= 0.6 is 11.6 Å². The van der Waals surface area contributed by atoms with E-state index < -0.39 is 10.8 Å². The number of halogens is 1. The number of para-hydroxylation sites is 1. The third-order valence-electron chi connectivity index (χ3n) is 4.01. The topological polar surface area (TPSA) is 72.2 Å². The van der Waals surface area contributed by atoms with Crippen LogP contribution in [0.2, 0.25) is 5.02 Å². The van der Waals surface area contributed by atoms with Crippen LogP contribution in [0.3, 0.4) is 0 Å². The Morgan fingerprint density at radius 2 is 1.64 bits per heavy atom. The lowest BCUT2D eigenvalue weighted by Gasteiger charge is -2.20. The lowest BCUT2D eigenvalue weighted by atomic mass is 9.92. The molecule has 1 amide bonds. The van der Waals surface area contributed by atoms with Crippen molar-refractivity contribution in [2.24, 2.45) is 0 Å². The van der Waals surface area contributed by atoms with Gasteiger partial charge in [-0.3, -0.25) is 14.9 Å². The van der Waals surface area contributed by atoms with Gasteiger partial charge in [-0.2, -0.15) is 0 Å². The molecule has 25 heavy (non-hydrogen) atoms. The molecule has 2 aromatic rings. The molecule has 0 aliphatic rings. The second-order valence-electron chi connectivity index (χ2n) is 6.49. The van der Waals surface area contributed by atoms with Crippen molar-refractivity contribution >= 4 is 28.9 Å². The second kappa shape index (κ2) is 7.66. The molecule has 0 spiro atoms. The Labute approximate surface area is 152 Å². The number of carbonyl (C=O) groups excluding carboxylic acids is 1. The highest BCUT2D eigenvalue weighted by Gasteiger charge is 2.23. The third-order valence-corrected chi connectivity index (χ3v) is 4.25. The number of nitrogens with zero attached hydrogens (tertiary/aromatic N) is 1. The maximum absolute atomic E-state index is 12.8. The van der Waals surface area contributed by atoms with Gasteiger partial charge < -0.3 is 5.32 Å². The highest BCUT2D eigenvalue weighted by Crippen LogP contribution is 2.33. The van der Waals surface area contributed by atoms with Crippen LogP contribution in [-0.2, 0) is 0 Å². The smallest absolute Gasteiger partial charge is 0.282 e. The summed E-state index contributed by atoms with van der Waals surface area (Å²) in [6, 6.07) is 9.84. The van der Waals surface area contributed by atoms with Gasteiger partial charge in [-0.15, -0.1) is 0 Å². The summed E-state index contributed by atoms with van der Waals surface area (Å²) in [6.45, 7) is 8.15. The normalized spacial score (nSPS) is 11.0. The summed E-state index contributed by atoms with van der Waals surface area (Å²) >= 11 is 5.93. The summed E-state index contributed by atoms with van der Waals surface area (Å²) in [6.07, 6.45) is 0. The minimum Gasteiger partial charge on any atom is -0.321 e. The van der Waals surface area contributed by atoms with Crippen LogP contribution in [0.25, 0.3) is 0 Å². The molecule has 0 fully saturated rings. The molecule has 0 saturated carbocycles. The number of amides is 1. The van der Waals surface area contributed by atoms with E-state index in [4.69, 9.17) is 11.6 Å². The van der Waals surface area contributed by atoms with Gasteiger partial charge in [-0.1, -0.05) is 57.5 Å². The second-order valence-corrected chi connectivity index (χ2v) is 6.93. The molecular weight excluding hydrogens is 340 g/mol. The van der Waals surface area contributed by atoms with E-state index in [9.17, 15) is 14.9 Å². The fourth-order valence-corrected chi connectivity index (χ4v) is 2.90. The molecule has 132 valence electrons. The van der Waals surface area contributed by atoms with Gasteiger partial charge in [0.25, 0.3) is 11.6 Å². The van der Waals surface area contributed by atoms with Crippen LogP contribution in [-0.4, -0.2) is 10.8 Å². The lowest BCUT2D eigenvalue weighted by Crippen LogP contribution is -2.17. The fourth-order valence-electron chi connectivity index (χ4n) is 2.73. The number of anilines is 1. The quantitative estimate of drug-likeness (QED) is 0.545. The first kappa shape index (κ1) is 18.9. The molecule has 2 aromatic carbocycles. The first-order valence-electron chi connectivity index (χ1n) is 8.10. The molecule has 0 bridgehead atoms. The molecule has 2 rings (SSSR count). The molecule has 0 saturated heterocycles. The van der Waals surface area contributed by atoms with Crippen molar-refractivity contribution in [2.45, 2.75) is 39.5 Å². The highest BCUT2D eigenvalue weighted by atomic mass is 35.5. The molecule has 0 heterocycles. The van der Waals surface area contributed by atoms with Crippen molar-refractivity contribution in [2.75, 3.05) is 5.32 Å². The third kappa shape index (κ3) is 4.17. The van der Waals surface area contributed by atoms with E-state index in [-0.39, 0.29) is 28.1 Å². The Kier molecular flexibility index (Phi) is 5.80. The summed E-state index contributed by atoms with van der Waals surface area (Å²) in [4.78, 5) is 23.4. The minimum absolute atomic E-state index is 0.0502. The Bertz CT molecular complexity index is 790. The van der Waals surface area contributed by atoms with E-state index in [0.29, 0.717) is 5.69 Å². The number of benzene rings is 2. The van der Waals surface area contributed by atoms with Gasteiger partial charge in [0.1, 0.15) is 5.56 Å². The van der Waals surface area contributed by atoms with Gasteiger partial charge in [-0.05, 0) is 35.1 Å². The van der Waals surface area contributed by atoms with E-state index in [1.165, 1.54) is 18.2 Å². The molecule has 0 aromatic heterocycles. The minimum atomic E-state index is -0.580. The largest absolute Gasteiger partial charge is 0.321 e. The zero-order valence-corrected chi connectivity index (χ0v) is 15.4. The number of nitrogens with one attached hydrogen (secondary N) is 1. The summed E-state index contributed by atoms with van der Waals surface area (Å²) in [7, 11) is 0. The summed E-state index contributed by atoms with van der Waals surface area (Å²) in [5, 5.41) is 14.4. The lowest BCUT2D eigenvalue weighted by molar-refractivity contribution is -0.385. The first-order chi connectivity index (χ1) is 11.7. The van der Waals surface area contributed by atoms with E-state index in [2.05, 4.69) is 5.32 Å². The predicted octanol–water partition coefficient (Wildman–Crippen LogP) is 5.75. The van der Waals surface area contributed by atoms with Crippen LogP contribution in [0.1, 0.15) is 61.0 Å². The standard InChI is InChI=1S/C19H21ClN2O3/c1-11(2)14-6-5-7-15(12(3)4)18(14)21-19(23)16-10-13(20)8-9-17(16)22(24)25/h5-12H,1-4H3,(H,21,23). The van der Waals surface area contributed by atoms with Gasteiger partial charge >= 0.3 is 0 Å². The maximum atomic E-state index is 12.8. The van der Waals surface area contributed by atoms with Gasteiger partial charge in [-0.25, -0.2) is 0 Å². The maximum Gasteiger partial charge on any atom is 0.282 e. The molecule has 1 N–H and O–H groups in total. The number of carbonyl (C=O) groups is 1. The van der Waals surface area contributed by atoms with E-state index in [0.717, 1.165) is 11.1 Å². The van der Waals surface area contributed by atoms with Gasteiger partial charge in [0.05, 0.1) is 4.92 Å². The van der Waals surface area contributed by atoms with Crippen molar-refractivity contribution in [1.82, 2.24) is 0 Å². The number of hydrogen-bond donors (Lipinski definition) is 1. The number of nitro groups is 1. The summed E-state index contributed by atoms with van der Waals surface area (Å²) in [5.74, 6) is -0.143. The van der Waals surface area contributed by atoms with E-state index in [1.807, 2.05) is 45.9 Å². The zero-order chi connectivity index (χ0) is 18.7. The van der Waals surface area contributed by atoms with Gasteiger partial charge in [0.2, 0.25) is 0 Å². The average Bonchev–Trinajstić information content (AvgIpc) is 2.54. The molecular formula is C19H21ClN2O3. The number of rotatable bonds is 5. The molecule has 6 heteroatoms. The predicted molar refractivity (Wildman–Crippen MR) is 101 cm³/mol. The molecule has 5 nitrogen and oxygen atoms in total. The van der Waals surface area contributed by atoms with Crippen LogP contribution in [0.5, 0.6) is 0 Å². The molecule has 0 unspecified atom stereocenters. The molecule has 0 aliphatic heterocycles. The average molecular weight is 361 g/mol. The van der Waals surface area contributed by atoms with Crippen molar-refractivity contribution in [3.63, 3.8) is 0 Å². The Morgan fingerprint density at radius 1 is 1.08 bits per heavy atom. The number of hydrogen-bond acceptors (Lipinski definition) is 3. The van der Waals surface area contributed by atoms with Crippen LogP contribution < -0.4 is 5.32 Å². The Balaban J connectivity index is 2.52. The van der Waals surface area contributed by atoms with Crippen molar-refractivity contribution in [1.29, 1.82) is 0 Å². The SMILES string of the molecule is CC(C)c1cccc(C(C)C)c1NC(=O)c1cc(Cl)ccc1[N+](=O)[O-]. The summed E-state index contributed by atoms with van der Waals surface area (Å²) < 4.78 is 0. The van der Waals surface area contributed by atoms with Crippen LogP contribution in [0, 0.1) is 10.1 Å². The first-order valence-corrected chi connectivity index (χ1v) is 8.48. The Hall–Kier alpha value is -2.40. The zero-order valence-electron chi connectivity index (χ0n) is 14.7. The molecule has 0 radical (unpaired) electrons. The summed E-state index contributed by atoms with van der Waals surface area (Å²) in [5.41, 5.74) is 2.38. The highest BCUT2D eigenvalue weighted by molar-refractivity contribution is 6.31.